The van der Waals surface area contributed by atoms with Crippen LogP contribution in [0, 0.1) is 11.6 Å². The SMILES string of the molecule is C.CC(C)OB(OC(C)C)OC(C)C.Fc1cccc2c1C=CC2.OB(O)C1=Cc2c(F)cccc2C1. The van der Waals surface area contributed by atoms with Crippen LogP contribution in [0.5, 0.6) is 0 Å². The summed E-state index contributed by atoms with van der Waals surface area (Å²) in [6.45, 7) is 11.8. The van der Waals surface area contributed by atoms with Crippen molar-refractivity contribution in [3.8, 4) is 0 Å². The van der Waals surface area contributed by atoms with Crippen LogP contribution in [0.15, 0.2) is 47.9 Å². The number of benzene rings is 2. The molecule has 0 spiro atoms. The van der Waals surface area contributed by atoms with Gasteiger partial charge in [0.05, 0.1) is 0 Å². The van der Waals surface area contributed by atoms with E-state index in [9.17, 15) is 8.78 Å². The molecule has 5 nitrogen and oxygen atoms in total. The van der Waals surface area contributed by atoms with E-state index in [1.165, 1.54) is 18.2 Å². The first kappa shape index (κ1) is 32.7. The molecule has 202 valence electrons. The van der Waals surface area contributed by atoms with Gasteiger partial charge in [-0.15, -0.1) is 0 Å². The van der Waals surface area contributed by atoms with E-state index in [0.29, 0.717) is 17.5 Å². The molecule has 2 aliphatic rings. The molecule has 0 heterocycles. The summed E-state index contributed by atoms with van der Waals surface area (Å²) in [5.74, 6) is -0.417. The topological polar surface area (TPSA) is 68.2 Å². The summed E-state index contributed by atoms with van der Waals surface area (Å²) < 4.78 is 42.2. The van der Waals surface area contributed by atoms with Gasteiger partial charge in [-0.3, -0.25) is 0 Å². The maximum atomic E-state index is 13.1. The Morgan fingerprint density at radius 2 is 1.24 bits per heavy atom. The van der Waals surface area contributed by atoms with Gasteiger partial charge in [0, 0.05) is 29.4 Å². The van der Waals surface area contributed by atoms with Gasteiger partial charge >= 0.3 is 14.4 Å². The molecular formula is C28H40B2F2O5. The average molecular weight is 516 g/mol. The molecular weight excluding hydrogens is 476 g/mol. The van der Waals surface area contributed by atoms with Crippen LogP contribution >= 0.6 is 0 Å². The standard InChI is InChI=1S/C9H8BFO2.C9H21BO3.C9H7F.CH4/c11-9-3-1-2-6-4-7(10(12)13)5-8(6)9;1-7(2)11-10(12-8(3)4)13-9(5)6;10-9-6-2-4-7-3-1-5-8(7)9;/h1-3,5,12-13H,4H2;7-9H,1-6H3;1-2,4-6H,3H2;1H4. The van der Waals surface area contributed by atoms with E-state index in [0.717, 1.165) is 23.1 Å². The Hall–Kier alpha value is -2.29. The number of hydrogen-bond acceptors (Lipinski definition) is 5. The second-order valence-corrected chi connectivity index (χ2v) is 9.34. The molecule has 0 amide bonds. The van der Waals surface area contributed by atoms with E-state index >= 15 is 0 Å². The summed E-state index contributed by atoms with van der Waals surface area (Å²) in [5, 5.41) is 17.8. The van der Waals surface area contributed by atoms with Crippen molar-refractivity contribution in [3.05, 3.63) is 81.8 Å². The van der Waals surface area contributed by atoms with Crippen LogP contribution in [0.1, 0.15) is 71.2 Å². The lowest BCUT2D eigenvalue weighted by Crippen LogP contribution is -2.34. The quantitative estimate of drug-likeness (QED) is 0.439. The van der Waals surface area contributed by atoms with Crippen molar-refractivity contribution in [2.75, 3.05) is 0 Å². The molecule has 0 aromatic heterocycles. The van der Waals surface area contributed by atoms with E-state index in [2.05, 4.69) is 0 Å². The predicted molar refractivity (Wildman–Crippen MR) is 149 cm³/mol. The van der Waals surface area contributed by atoms with Gasteiger partial charge < -0.3 is 24.0 Å². The molecule has 9 heteroatoms. The summed E-state index contributed by atoms with van der Waals surface area (Å²) >= 11 is 0. The molecule has 2 aliphatic carbocycles. The fourth-order valence-electron chi connectivity index (χ4n) is 3.53. The highest BCUT2D eigenvalue weighted by Crippen LogP contribution is 2.27. The lowest BCUT2D eigenvalue weighted by atomic mass is 9.78. The molecule has 0 saturated heterocycles. The van der Waals surface area contributed by atoms with Crippen molar-refractivity contribution in [1.29, 1.82) is 0 Å². The summed E-state index contributed by atoms with van der Waals surface area (Å²) in [6.07, 6.45) is 6.96. The van der Waals surface area contributed by atoms with Crippen LogP contribution in [-0.4, -0.2) is 42.8 Å². The van der Waals surface area contributed by atoms with E-state index in [1.54, 1.807) is 18.2 Å². The van der Waals surface area contributed by atoms with Crippen LogP contribution in [0.2, 0.25) is 0 Å². The second kappa shape index (κ2) is 15.8. The maximum absolute atomic E-state index is 13.1. The zero-order valence-electron chi connectivity index (χ0n) is 21.9. The Bertz CT molecular complexity index is 1020. The van der Waals surface area contributed by atoms with Crippen LogP contribution < -0.4 is 0 Å². The van der Waals surface area contributed by atoms with Crippen molar-refractivity contribution in [2.24, 2.45) is 0 Å². The zero-order valence-corrected chi connectivity index (χ0v) is 21.9. The fourth-order valence-corrected chi connectivity index (χ4v) is 3.53. The maximum Gasteiger partial charge on any atom is 0.639 e. The molecule has 0 unspecified atom stereocenters. The Labute approximate surface area is 221 Å². The Morgan fingerprint density at radius 1 is 0.757 bits per heavy atom. The first-order valence-electron chi connectivity index (χ1n) is 12.2. The van der Waals surface area contributed by atoms with Crippen molar-refractivity contribution < 1.29 is 32.8 Å². The predicted octanol–water partition coefficient (Wildman–Crippen LogP) is 6.05. The highest BCUT2D eigenvalue weighted by atomic mass is 19.1. The summed E-state index contributed by atoms with van der Waals surface area (Å²) in [5.41, 5.74) is 3.59. The molecule has 0 atom stereocenters. The average Bonchev–Trinajstić information content (AvgIpc) is 3.42. The van der Waals surface area contributed by atoms with Gasteiger partial charge in [-0.1, -0.05) is 49.9 Å². The third kappa shape index (κ3) is 10.9. The van der Waals surface area contributed by atoms with Gasteiger partial charge in [0.1, 0.15) is 11.6 Å². The molecule has 2 aromatic rings. The summed E-state index contributed by atoms with van der Waals surface area (Å²) in [4.78, 5) is 0. The van der Waals surface area contributed by atoms with E-state index in [-0.39, 0.29) is 37.4 Å². The second-order valence-electron chi connectivity index (χ2n) is 9.34. The van der Waals surface area contributed by atoms with Crippen molar-refractivity contribution in [3.63, 3.8) is 0 Å². The molecule has 2 N–H and O–H groups in total. The van der Waals surface area contributed by atoms with Gasteiger partial charge in [-0.2, -0.15) is 0 Å². The Balaban J connectivity index is 0.000000276. The van der Waals surface area contributed by atoms with Crippen molar-refractivity contribution >= 4 is 26.6 Å². The lowest BCUT2D eigenvalue weighted by Gasteiger charge is -2.20. The lowest BCUT2D eigenvalue weighted by molar-refractivity contribution is 0.0335. The number of fused-ring (bicyclic) bond motifs is 2. The van der Waals surface area contributed by atoms with Crippen molar-refractivity contribution in [1.82, 2.24) is 0 Å². The van der Waals surface area contributed by atoms with E-state index < -0.39 is 14.4 Å². The zero-order chi connectivity index (χ0) is 26.8. The van der Waals surface area contributed by atoms with E-state index in [1.807, 2.05) is 59.8 Å². The third-order valence-electron chi connectivity index (χ3n) is 5.11. The Morgan fingerprint density at radius 3 is 1.68 bits per heavy atom. The van der Waals surface area contributed by atoms with Crippen molar-refractivity contribution in [2.45, 2.75) is 80.1 Å². The highest BCUT2D eigenvalue weighted by Gasteiger charge is 2.25. The van der Waals surface area contributed by atoms with Gasteiger partial charge in [-0.05, 0) is 83.1 Å². The molecule has 37 heavy (non-hydrogen) atoms. The molecule has 0 aliphatic heterocycles. The van der Waals surface area contributed by atoms with Gasteiger partial charge in [0.15, 0.2) is 0 Å². The van der Waals surface area contributed by atoms with Gasteiger partial charge in [-0.25, -0.2) is 8.78 Å². The molecule has 0 fully saturated rings. The van der Waals surface area contributed by atoms with Crippen LogP contribution in [0.3, 0.4) is 0 Å². The number of hydrogen-bond donors (Lipinski definition) is 2. The summed E-state index contributed by atoms with van der Waals surface area (Å²) in [7, 11) is -2.02. The fraction of sp³-hybridized carbons (Fsp3) is 0.429. The molecule has 0 saturated carbocycles. The minimum Gasteiger partial charge on any atom is -0.423 e. The van der Waals surface area contributed by atoms with Crippen LogP contribution in [0.25, 0.3) is 12.2 Å². The summed E-state index contributed by atoms with van der Waals surface area (Å²) in [6, 6.07) is 9.97. The van der Waals surface area contributed by atoms with E-state index in [4.69, 9.17) is 24.0 Å². The highest BCUT2D eigenvalue weighted by molar-refractivity contribution is 6.52. The monoisotopic (exact) mass is 516 g/mol. The minimum absolute atomic E-state index is 0. The van der Waals surface area contributed by atoms with Gasteiger partial charge in [0.2, 0.25) is 0 Å². The van der Waals surface area contributed by atoms with Gasteiger partial charge in [0.25, 0.3) is 0 Å². The number of halogens is 2. The normalized spacial score (nSPS) is 12.7. The molecule has 2 aromatic carbocycles. The minimum atomic E-state index is -1.48. The molecule has 0 radical (unpaired) electrons. The number of rotatable bonds is 7. The first-order chi connectivity index (χ1) is 17.0. The van der Waals surface area contributed by atoms with Crippen LogP contribution in [-0.2, 0) is 26.8 Å². The third-order valence-corrected chi connectivity index (χ3v) is 5.11. The first-order valence-corrected chi connectivity index (χ1v) is 12.2. The molecule has 4 rings (SSSR count). The smallest absolute Gasteiger partial charge is 0.423 e. The molecule has 0 bridgehead atoms. The van der Waals surface area contributed by atoms with Crippen LogP contribution in [0.4, 0.5) is 8.78 Å². The largest absolute Gasteiger partial charge is 0.639 e. The Kier molecular flexibility index (Phi) is 14.0. The number of allylic oxidation sites excluding steroid dienone is 2.